The molecule has 2 N–H and O–H groups in total. The lowest BCUT2D eigenvalue weighted by atomic mass is 10.1. The fourth-order valence-corrected chi connectivity index (χ4v) is 6.45. The van der Waals surface area contributed by atoms with Crippen LogP contribution in [-0.2, 0) is 32.7 Å². The number of nitrogens with zero attached hydrogens (tertiary/aromatic N) is 2. The van der Waals surface area contributed by atoms with Crippen LogP contribution in [0.3, 0.4) is 0 Å². The number of likely N-dealkylation sites (tertiary alicyclic amines) is 1. The van der Waals surface area contributed by atoms with Gasteiger partial charge in [-0.15, -0.1) is 0 Å². The lowest BCUT2D eigenvalue weighted by Gasteiger charge is -2.28. The molecule has 11 heteroatoms. The van der Waals surface area contributed by atoms with Crippen molar-refractivity contribution in [1.82, 2.24) is 4.90 Å². The third kappa shape index (κ3) is 9.51. The van der Waals surface area contributed by atoms with E-state index >= 15 is 0 Å². The molecule has 0 unspecified atom stereocenters. The number of sulfonamides is 1. The molecule has 252 valence electrons. The summed E-state index contributed by atoms with van der Waals surface area (Å²) in [6, 6.07) is 30.1. The van der Waals surface area contributed by atoms with E-state index in [2.05, 4.69) is 21.8 Å². The highest BCUT2D eigenvalue weighted by molar-refractivity contribution is 7.92. The van der Waals surface area contributed by atoms with Crippen LogP contribution in [0.25, 0.3) is 0 Å². The van der Waals surface area contributed by atoms with Crippen molar-refractivity contribution in [1.29, 1.82) is 0 Å². The topological polar surface area (TPSA) is 125 Å². The zero-order valence-electron chi connectivity index (χ0n) is 27.2. The molecule has 0 aromatic heterocycles. The highest BCUT2D eigenvalue weighted by Crippen LogP contribution is 2.31. The van der Waals surface area contributed by atoms with Gasteiger partial charge in [0, 0.05) is 37.8 Å². The summed E-state index contributed by atoms with van der Waals surface area (Å²) in [6.45, 7) is 3.94. The molecule has 48 heavy (non-hydrogen) atoms. The molecule has 0 bridgehead atoms. The predicted octanol–water partition coefficient (Wildman–Crippen LogP) is 6.60. The van der Waals surface area contributed by atoms with E-state index in [1.165, 1.54) is 4.90 Å². The van der Waals surface area contributed by atoms with Crippen molar-refractivity contribution in [3.8, 4) is 17.2 Å². The van der Waals surface area contributed by atoms with E-state index in [4.69, 9.17) is 9.47 Å². The van der Waals surface area contributed by atoms with E-state index in [0.29, 0.717) is 68.4 Å². The Labute approximate surface area is 282 Å². The summed E-state index contributed by atoms with van der Waals surface area (Å²) in [5.74, 6) is 0.774. The number of aliphatic carboxylic acids is 1. The summed E-state index contributed by atoms with van der Waals surface area (Å²) < 4.78 is 38.5. The Hall–Kier alpha value is -5.03. The standard InChI is InChI=1S/C37H41N3O7S/c1-27-33(38-48(2,44)45)14-7-15-34(27)39(25-28-10-4-3-5-11-28)26-29-18-20-30(21-19-29)47-32-13-6-12-31(24-32)46-23-9-17-36(41)40-22-8-16-35(40)37(42)43/h3-7,10-15,18-21,24,35,38H,8-9,16-17,22-23,25-26H2,1-2H3,(H,42,43)/t35-/m0/s1. The second-order valence-corrected chi connectivity index (χ2v) is 13.7. The van der Waals surface area contributed by atoms with E-state index < -0.39 is 22.0 Å². The first-order valence-corrected chi connectivity index (χ1v) is 17.8. The van der Waals surface area contributed by atoms with Crippen LogP contribution in [0.5, 0.6) is 17.2 Å². The number of anilines is 2. The third-order valence-corrected chi connectivity index (χ3v) is 8.75. The Morgan fingerprint density at radius 1 is 0.896 bits per heavy atom. The minimum atomic E-state index is -3.43. The first kappa shape index (κ1) is 34.3. The van der Waals surface area contributed by atoms with Gasteiger partial charge in [-0.2, -0.15) is 0 Å². The molecule has 4 aromatic carbocycles. The van der Waals surface area contributed by atoms with Gasteiger partial charge in [0.15, 0.2) is 0 Å². The molecule has 1 aliphatic heterocycles. The number of amides is 1. The van der Waals surface area contributed by atoms with E-state index in [9.17, 15) is 23.1 Å². The van der Waals surface area contributed by atoms with Gasteiger partial charge in [0.05, 0.1) is 18.6 Å². The number of carboxylic acid groups (broad SMARTS) is 1. The molecule has 0 saturated carbocycles. The first-order chi connectivity index (χ1) is 23.1. The number of rotatable bonds is 15. The smallest absolute Gasteiger partial charge is 0.326 e. The Bertz CT molecular complexity index is 1810. The Balaban J connectivity index is 1.20. The zero-order chi connectivity index (χ0) is 34.1. The molecule has 10 nitrogen and oxygen atoms in total. The molecule has 0 spiro atoms. The van der Waals surface area contributed by atoms with Gasteiger partial charge in [-0.05, 0) is 79.3 Å². The van der Waals surface area contributed by atoms with Gasteiger partial charge >= 0.3 is 5.97 Å². The van der Waals surface area contributed by atoms with Crippen molar-refractivity contribution in [2.45, 2.75) is 51.7 Å². The number of hydrogen-bond donors (Lipinski definition) is 2. The van der Waals surface area contributed by atoms with Gasteiger partial charge in [-0.25, -0.2) is 13.2 Å². The van der Waals surface area contributed by atoms with Crippen LogP contribution in [0.2, 0.25) is 0 Å². The maximum Gasteiger partial charge on any atom is 0.326 e. The monoisotopic (exact) mass is 671 g/mol. The van der Waals surface area contributed by atoms with Crippen molar-refractivity contribution in [2.24, 2.45) is 0 Å². The average Bonchev–Trinajstić information content (AvgIpc) is 3.56. The first-order valence-electron chi connectivity index (χ1n) is 15.9. The fraction of sp³-hybridized carbons (Fsp3) is 0.297. The minimum absolute atomic E-state index is 0.153. The van der Waals surface area contributed by atoms with Crippen LogP contribution < -0.4 is 19.1 Å². The van der Waals surface area contributed by atoms with Crippen molar-refractivity contribution >= 4 is 33.3 Å². The van der Waals surface area contributed by atoms with Crippen molar-refractivity contribution in [2.75, 3.05) is 29.0 Å². The summed E-state index contributed by atoms with van der Waals surface area (Å²) in [4.78, 5) is 27.6. The lowest BCUT2D eigenvalue weighted by molar-refractivity contribution is -0.148. The van der Waals surface area contributed by atoms with E-state index in [-0.39, 0.29) is 12.3 Å². The summed E-state index contributed by atoms with van der Waals surface area (Å²) >= 11 is 0. The van der Waals surface area contributed by atoms with E-state index in [1.807, 2.05) is 79.7 Å². The third-order valence-electron chi connectivity index (χ3n) is 8.16. The molecule has 1 atom stereocenters. The summed E-state index contributed by atoms with van der Waals surface area (Å²) in [7, 11) is -3.43. The molecular weight excluding hydrogens is 630 g/mol. The molecule has 1 saturated heterocycles. The van der Waals surface area contributed by atoms with Gasteiger partial charge in [0.1, 0.15) is 23.3 Å². The van der Waals surface area contributed by atoms with Crippen molar-refractivity contribution < 1.29 is 32.6 Å². The number of nitrogens with one attached hydrogen (secondary N) is 1. The lowest BCUT2D eigenvalue weighted by Crippen LogP contribution is -2.40. The number of benzene rings is 4. The van der Waals surface area contributed by atoms with E-state index in [1.54, 1.807) is 12.1 Å². The second kappa shape index (κ2) is 15.7. The van der Waals surface area contributed by atoms with Crippen LogP contribution in [0.4, 0.5) is 11.4 Å². The Morgan fingerprint density at radius 3 is 2.29 bits per heavy atom. The average molecular weight is 672 g/mol. The van der Waals surface area contributed by atoms with Crippen molar-refractivity contribution in [3.63, 3.8) is 0 Å². The highest BCUT2D eigenvalue weighted by atomic mass is 32.2. The summed E-state index contributed by atoms with van der Waals surface area (Å²) in [5, 5.41) is 9.32. The Kier molecular flexibility index (Phi) is 11.2. The normalized spacial score (nSPS) is 14.4. The van der Waals surface area contributed by atoms with Crippen molar-refractivity contribution in [3.05, 3.63) is 114 Å². The number of hydrogen-bond acceptors (Lipinski definition) is 7. The maximum absolute atomic E-state index is 12.5. The second-order valence-electron chi connectivity index (χ2n) is 11.9. The van der Waals surface area contributed by atoms with E-state index in [0.717, 1.165) is 28.6 Å². The molecule has 0 aliphatic carbocycles. The molecule has 1 aliphatic rings. The minimum Gasteiger partial charge on any atom is -0.493 e. The quantitative estimate of drug-likeness (QED) is 0.136. The van der Waals surface area contributed by atoms with Gasteiger partial charge in [0.2, 0.25) is 15.9 Å². The molecule has 1 amide bonds. The fourth-order valence-electron chi connectivity index (χ4n) is 5.83. The van der Waals surface area contributed by atoms with Gasteiger partial charge in [-0.3, -0.25) is 9.52 Å². The number of carbonyl (C=O) groups excluding carboxylic acids is 1. The molecule has 0 radical (unpaired) electrons. The molecule has 5 rings (SSSR count). The predicted molar refractivity (Wildman–Crippen MR) is 186 cm³/mol. The van der Waals surface area contributed by atoms with Gasteiger partial charge in [-0.1, -0.05) is 54.6 Å². The van der Waals surface area contributed by atoms with Crippen LogP contribution in [-0.4, -0.2) is 55.7 Å². The zero-order valence-corrected chi connectivity index (χ0v) is 28.0. The van der Waals surface area contributed by atoms with Crippen LogP contribution in [0.15, 0.2) is 97.1 Å². The highest BCUT2D eigenvalue weighted by Gasteiger charge is 2.33. The largest absolute Gasteiger partial charge is 0.493 e. The van der Waals surface area contributed by atoms with Crippen LogP contribution in [0.1, 0.15) is 42.4 Å². The number of ether oxygens (including phenoxy) is 2. The van der Waals surface area contributed by atoms with Gasteiger partial charge in [0.25, 0.3) is 0 Å². The van der Waals surface area contributed by atoms with Gasteiger partial charge < -0.3 is 24.4 Å². The molecular formula is C37H41N3O7S. The Morgan fingerprint density at radius 2 is 1.58 bits per heavy atom. The molecule has 1 heterocycles. The maximum atomic E-state index is 12.5. The number of carboxylic acids is 1. The SMILES string of the molecule is Cc1c(NS(C)(=O)=O)cccc1N(Cc1ccccc1)Cc1ccc(Oc2cccc(OCCCC(=O)N3CCC[C@H]3C(=O)O)c2)cc1. The molecule has 1 fully saturated rings. The van der Waals surface area contributed by atoms with Crippen LogP contribution in [0, 0.1) is 6.92 Å². The van der Waals surface area contributed by atoms with Crippen LogP contribution >= 0.6 is 0 Å². The number of carbonyl (C=O) groups is 2. The summed E-state index contributed by atoms with van der Waals surface area (Å²) in [5.41, 5.74) is 4.49. The summed E-state index contributed by atoms with van der Waals surface area (Å²) in [6.07, 6.45) is 3.07. The molecule has 4 aromatic rings.